The third kappa shape index (κ3) is 2.10. The number of hydrogen-bond acceptors (Lipinski definition) is 4. The Morgan fingerprint density at radius 1 is 1.13 bits per heavy atom. The van der Waals surface area contributed by atoms with Crippen LogP contribution in [0.4, 0.5) is 5.69 Å². The first-order valence-corrected chi connectivity index (χ1v) is 10.5. The number of anilines is 1. The van der Waals surface area contributed by atoms with Gasteiger partial charge in [-0.25, -0.2) is 0 Å². The highest BCUT2D eigenvalue weighted by Gasteiger charge is 2.43. The van der Waals surface area contributed by atoms with E-state index in [9.17, 15) is 9.59 Å². The van der Waals surface area contributed by atoms with Crippen LogP contribution in [0, 0.1) is 5.92 Å². The molecule has 4 heterocycles. The van der Waals surface area contributed by atoms with Crippen LogP contribution in [0.15, 0.2) is 35.1 Å². The van der Waals surface area contributed by atoms with Crippen molar-refractivity contribution in [2.24, 2.45) is 5.92 Å². The Hall–Kier alpha value is -3.19. The lowest BCUT2D eigenvalue weighted by molar-refractivity contribution is 0.0993. The van der Waals surface area contributed by atoms with Crippen molar-refractivity contribution in [2.45, 2.75) is 31.7 Å². The number of nitrogens with zero attached hydrogens (tertiary/aromatic N) is 4. The molecule has 2 aromatic carbocycles. The Balaban J connectivity index is 1.47. The van der Waals surface area contributed by atoms with Gasteiger partial charge >= 0.3 is 0 Å². The number of carbonyl (C=O) groups is 1. The minimum absolute atomic E-state index is 0.0409. The third-order valence-electron chi connectivity index (χ3n) is 6.59. The van der Waals surface area contributed by atoms with Crippen molar-refractivity contribution in [2.75, 3.05) is 4.90 Å². The van der Waals surface area contributed by atoms with E-state index in [0.29, 0.717) is 27.7 Å². The summed E-state index contributed by atoms with van der Waals surface area (Å²) >= 11 is 6.17. The number of H-pyrrole nitrogens is 1. The highest BCUT2D eigenvalue weighted by atomic mass is 35.5. The number of aromatic amines is 1. The molecule has 1 aliphatic carbocycles. The number of rotatable bonds is 2. The van der Waals surface area contributed by atoms with Gasteiger partial charge in [0, 0.05) is 22.7 Å². The molecule has 3 aliphatic rings. The topological polar surface area (TPSA) is 83.4 Å². The average molecular weight is 418 g/mol. The molecule has 30 heavy (non-hydrogen) atoms. The first-order chi connectivity index (χ1) is 14.6. The molecule has 148 valence electrons. The number of nitrogens with one attached hydrogen (secondary N) is 1. The fourth-order valence-electron chi connectivity index (χ4n) is 5.01. The van der Waals surface area contributed by atoms with E-state index in [1.54, 1.807) is 0 Å². The molecule has 8 heteroatoms. The first-order valence-electron chi connectivity index (χ1n) is 10.1. The molecule has 0 spiro atoms. The summed E-state index contributed by atoms with van der Waals surface area (Å²) in [5.74, 6) is 1.39. The summed E-state index contributed by atoms with van der Waals surface area (Å²) < 4.78 is 1.87. The van der Waals surface area contributed by atoms with Crippen LogP contribution in [0.5, 0.6) is 0 Å². The minimum atomic E-state index is -0.289. The number of halogens is 1. The molecule has 1 saturated carbocycles. The fourth-order valence-corrected chi connectivity index (χ4v) is 5.20. The lowest BCUT2D eigenvalue weighted by Gasteiger charge is -2.16. The van der Waals surface area contributed by atoms with Crippen LogP contribution in [0.2, 0.25) is 5.02 Å². The zero-order valence-corrected chi connectivity index (χ0v) is 16.6. The van der Waals surface area contributed by atoms with Gasteiger partial charge in [0.15, 0.2) is 0 Å². The van der Waals surface area contributed by atoms with Crippen molar-refractivity contribution in [1.82, 2.24) is 19.6 Å². The second kappa shape index (κ2) is 5.49. The first kappa shape index (κ1) is 16.6. The van der Waals surface area contributed by atoms with Crippen LogP contribution < -0.4 is 10.5 Å². The Morgan fingerprint density at radius 2 is 2.00 bits per heavy atom. The Labute approximate surface area is 175 Å². The molecule has 7 rings (SSSR count). The summed E-state index contributed by atoms with van der Waals surface area (Å²) in [7, 11) is 0. The van der Waals surface area contributed by atoms with Crippen molar-refractivity contribution < 1.29 is 4.79 Å². The summed E-state index contributed by atoms with van der Waals surface area (Å²) in [6.07, 6.45) is 3.93. The maximum atomic E-state index is 13.3. The highest BCUT2D eigenvalue weighted by molar-refractivity contribution is 6.30. The van der Waals surface area contributed by atoms with Crippen molar-refractivity contribution in [3.05, 3.63) is 68.2 Å². The van der Waals surface area contributed by atoms with Crippen molar-refractivity contribution in [3.8, 4) is 0 Å². The molecular weight excluding hydrogens is 402 g/mol. The van der Waals surface area contributed by atoms with Gasteiger partial charge in [-0.3, -0.25) is 14.0 Å². The van der Waals surface area contributed by atoms with Crippen LogP contribution in [-0.4, -0.2) is 25.5 Å². The van der Waals surface area contributed by atoms with E-state index in [2.05, 4.69) is 15.2 Å². The number of carbonyl (C=O) groups excluding carboxylic acids is 1. The maximum absolute atomic E-state index is 13.3. The van der Waals surface area contributed by atoms with Crippen LogP contribution >= 0.6 is 11.6 Å². The smallest absolute Gasteiger partial charge is 0.294 e. The van der Waals surface area contributed by atoms with E-state index in [-0.39, 0.29) is 17.5 Å². The van der Waals surface area contributed by atoms with Crippen LogP contribution in [0.3, 0.4) is 0 Å². The molecule has 1 amide bonds. The highest BCUT2D eigenvalue weighted by Crippen LogP contribution is 2.48. The standard InChI is InChI=1S/C22H16ClN5O2/c23-12-3-4-16-11(6-12)7-17-13-9-18-15(8-14(13)22(30)27(16)17)24-21(29)20-26-25-19(28(18)20)5-10-1-2-10/h3-4,6,8-10,17H,1-2,5,7H2,(H,24,29). The maximum Gasteiger partial charge on any atom is 0.294 e. The number of aromatic nitrogens is 4. The number of amides is 1. The molecule has 1 unspecified atom stereocenters. The summed E-state index contributed by atoms with van der Waals surface area (Å²) in [6, 6.07) is 9.45. The largest absolute Gasteiger partial charge is 0.317 e. The van der Waals surface area contributed by atoms with Crippen molar-refractivity contribution >= 4 is 39.9 Å². The second-order valence-electron chi connectivity index (χ2n) is 8.50. The molecule has 1 atom stereocenters. The number of fused-ring (bicyclic) bond motifs is 8. The Kier molecular flexibility index (Phi) is 3.03. The molecule has 4 aromatic rings. The molecule has 0 radical (unpaired) electrons. The molecular formula is C22H16ClN5O2. The minimum Gasteiger partial charge on any atom is -0.317 e. The van der Waals surface area contributed by atoms with Gasteiger partial charge < -0.3 is 9.88 Å². The van der Waals surface area contributed by atoms with Crippen LogP contribution in [0.25, 0.3) is 16.7 Å². The predicted molar refractivity (Wildman–Crippen MR) is 112 cm³/mol. The summed E-state index contributed by atoms with van der Waals surface area (Å²) in [5, 5.41) is 9.12. The summed E-state index contributed by atoms with van der Waals surface area (Å²) in [6.45, 7) is 0. The average Bonchev–Trinajstić information content (AvgIpc) is 3.22. The van der Waals surface area contributed by atoms with Crippen molar-refractivity contribution in [3.63, 3.8) is 0 Å². The van der Waals surface area contributed by atoms with Gasteiger partial charge in [0.05, 0.1) is 17.1 Å². The summed E-state index contributed by atoms with van der Waals surface area (Å²) in [4.78, 5) is 30.6. The van der Waals surface area contributed by atoms with Gasteiger partial charge in [0.25, 0.3) is 11.5 Å². The SMILES string of the molecule is O=C1c2cc3[nH]c(=O)c4nnc(CC5CC5)n4c3cc2C2Cc3cc(Cl)ccc3N12. The van der Waals surface area contributed by atoms with Gasteiger partial charge in [-0.2, -0.15) is 0 Å². The molecule has 1 N–H and O–H groups in total. The second-order valence-corrected chi connectivity index (χ2v) is 8.94. The van der Waals surface area contributed by atoms with E-state index in [4.69, 9.17) is 11.6 Å². The van der Waals surface area contributed by atoms with E-state index < -0.39 is 0 Å². The summed E-state index contributed by atoms with van der Waals surface area (Å²) in [5.41, 5.74) is 5.09. The number of hydrogen-bond donors (Lipinski definition) is 1. The molecule has 0 bridgehead atoms. The van der Waals surface area contributed by atoms with Gasteiger partial charge in [0.2, 0.25) is 5.65 Å². The predicted octanol–water partition coefficient (Wildman–Crippen LogP) is 3.43. The van der Waals surface area contributed by atoms with Gasteiger partial charge in [0.1, 0.15) is 5.82 Å². The lowest BCUT2D eigenvalue weighted by atomic mass is 9.99. The third-order valence-corrected chi connectivity index (χ3v) is 6.83. The van der Waals surface area contributed by atoms with Crippen LogP contribution in [-0.2, 0) is 12.8 Å². The molecule has 2 aliphatic heterocycles. The zero-order chi connectivity index (χ0) is 20.1. The Bertz CT molecular complexity index is 1480. The van der Waals surface area contributed by atoms with Crippen LogP contribution in [0.1, 0.15) is 46.2 Å². The lowest BCUT2D eigenvalue weighted by Crippen LogP contribution is -2.23. The molecule has 7 nitrogen and oxygen atoms in total. The van der Waals surface area contributed by atoms with Gasteiger partial charge in [-0.05, 0) is 66.6 Å². The number of benzene rings is 2. The Morgan fingerprint density at radius 3 is 2.83 bits per heavy atom. The molecule has 2 aromatic heterocycles. The van der Waals surface area contributed by atoms with E-state index in [0.717, 1.165) is 41.0 Å². The quantitative estimate of drug-likeness (QED) is 0.541. The van der Waals surface area contributed by atoms with Gasteiger partial charge in [-0.1, -0.05) is 11.6 Å². The van der Waals surface area contributed by atoms with E-state index in [1.165, 1.54) is 12.8 Å². The molecule has 0 saturated heterocycles. The monoisotopic (exact) mass is 417 g/mol. The fraction of sp³-hybridized carbons (Fsp3) is 0.273. The van der Waals surface area contributed by atoms with Gasteiger partial charge in [-0.15, -0.1) is 10.2 Å². The zero-order valence-electron chi connectivity index (χ0n) is 15.9. The van der Waals surface area contributed by atoms with E-state index in [1.807, 2.05) is 39.6 Å². The molecule has 1 fully saturated rings. The van der Waals surface area contributed by atoms with E-state index >= 15 is 0 Å². The normalized spacial score (nSPS) is 19.6. The van der Waals surface area contributed by atoms with Crippen molar-refractivity contribution in [1.29, 1.82) is 0 Å².